The zero-order chi connectivity index (χ0) is 30.2. The van der Waals surface area contributed by atoms with Gasteiger partial charge in [0.1, 0.15) is 11.6 Å². The minimum Gasteiger partial charge on any atom is -0.497 e. The molecule has 0 bridgehead atoms. The van der Waals surface area contributed by atoms with Crippen LogP contribution in [0, 0.1) is 5.82 Å². The number of hydrogen-bond donors (Lipinski definition) is 1. The van der Waals surface area contributed by atoms with Gasteiger partial charge in [-0.2, -0.15) is 0 Å². The number of ether oxygens (including phenoxy) is 1. The quantitative estimate of drug-likeness (QED) is 0.199. The minimum atomic E-state index is -0.630. The Morgan fingerprint density at radius 1 is 0.907 bits per heavy atom. The van der Waals surface area contributed by atoms with Crippen LogP contribution in [0.25, 0.3) is 0 Å². The van der Waals surface area contributed by atoms with Crippen molar-refractivity contribution >= 4 is 11.8 Å². The predicted octanol–water partition coefficient (Wildman–Crippen LogP) is 6.34. The zero-order valence-corrected chi connectivity index (χ0v) is 24.7. The Morgan fingerprint density at radius 2 is 1.60 bits per heavy atom. The van der Waals surface area contributed by atoms with Crippen LogP contribution in [0.15, 0.2) is 103 Å². The first kappa shape index (κ1) is 30.0. The van der Waals surface area contributed by atoms with Crippen molar-refractivity contribution in [3.8, 4) is 5.75 Å². The number of benzene rings is 4. The van der Waals surface area contributed by atoms with E-state index < -0.39 is 12.0 Å². The number of hydrogen-bond acceptors (Lipinski definition) is 4. The SMILES string of the molecule is CCN(CCCNC(=O)[C@H]1c2ccccc2C(=O)N(Cc2ccc(F)cc2)[C@H]1c1ccc(OC)cc1)Cc1ccccc1. The van der Waals surface area contributed by atoms with E-state index in [0.29, 0.717) is 23.4 Å². The second-order valence-corrected chi connectivity index (χ2v) is 10.8. The topological polar surface area (TPSA) is 61.9 Å². The van der Waals surface area contributed by atoms with E-state index in [1.165, 1.54) is 17.7 Å². The van der Waals surface area contributed by atoms with Crippen LogP contribution >= 0.6 is 0 Å². The van der Waals surface area contributed by atoms with Crippen LogP contribution in [0.4, 0.5) is 4.39 Å². The summed E-state index contributed by atoms with van der Waals surface area (Å²) in [7, 11) is 1.60. The molecule has 0 unspecified atom stereocenters. The Bertz CT molecular complexity index is 1510. The summed E-state index contributed by atoms with van der Waals surface area (Å²) < 4.78 is 19.1. The fourth-order valence-electron chi connectivity index (χ4n) is 5.82. The van der Waals surface area contributed by atoms with Crippen LogP contribution in [0.5, 0.6) is 5.75 Å². The molecule has 0 saturated carbocycles. The molecule has 0 aliphatic carbocycles. The lowest BCUT2D eigenvalue weighted by atomic mass is 9.79. The third-order valence-corrected chi connectivity index (χ3v) is 8.09. The van der Waals surface area contributed by atoms with E-state index in [4.69, 9.17) is 4.74 Å². The molecule has 2 atom stereocenters. The van der Waals surface area contributed by atoms with Crippen molar-refractivity contribution in [2.24, 2.45) is 0 Å². The molecule has 0 fully saturated rings. The Kier molecular flexibility index (Phi) is 9.84. The van der Waals surface area contributed by atoms with E-state index in [0.717, 1.165) is 37.2 Å². The third kappa shape index (κ3) is 7.12. The van der Waals surface area contributed by atoms with Gasteiger partial charge in [-0.25, -0.2) is 4.39 Å². The third-order valence-electron chi connectivity index (χ3n) is 8.09. The molecule has 6 nitrogen and oxygen atoms in total. The molecule has 4 aromatic rings. The number of carbonyl (C=O) groups is 2. The van der Waals surface area contributed by atoms with Crippen molar-refractivity contribution < 1.29 is 18.7 Å². The Labute approximate surface area is 253 Å². The molecule has 1 heterocycles. The molecule has 0 aromatic heterocycles. The molecule has 7 heteroatoms. The molecule has 1 N–H and O–H groups in total. The fourth-order valence-corrected chi connectivity index (χ4v) is 5.82. The summed E-state index contributed by atoms with van der Waals surface area (Å²) in [5.41, 5.74) is 4.09. The zero-order valence-electron chi connectivity index (χ0n) is 24.7. The van der Waals surface area contributed by atoms with Gasteiger partial charge in [-0.15, -0.1) is 0 Å². The van der Waals surface area contributed by atoms with Crippen LogP contribution in [0.2, 0.25) is 0 Å². The summed E-state index contributed by atoms with van der Waals surface area (Å²) in [6.45, 7) is 5.53. The minimum absolute atomic E-state index is 0.129. The molecule has 5 rings (SSSR count). The van der Waals surface area contributed by atoms with Crippen LogP contribution in [-0.2, 0) is 17.9 Å². The van der Waals surface area contributed by atoms with E-state index in [1.807, 2.05) is 48.5 Å². The number of amides is 2. The van der Waals surface area contributed by atoms with Crippen molar-refractivity contribution in [1.29, 1.82) is 0 Å². The maximum absolute atomic E-state index is 14.1. The lowest BCUT2D eigenvalue weighted by Gasteiger charge is -2.42. The number of rotatable bonds is 12. The summed E-state index contributed by atoms with van der Waals surface area (Å²) in [4.78, 5) is 32.2. The van der Waals surface area contributed by atoms with E-state index in [2.05, 4.69) is 41.4 Å². The van der Waals surface area contributed by atoms with Gasteiger partial charge in [0.15, 0.2) is 0 Å². The van der Waals surface area contributed by atoms with E-state index in [9.17, 15) is 14.0 Å². The van der Waals surface area contributed by atoms with Gasteiger partial charge in [-0.1, -0.05) is 79.7 Å². The summed E-state index contributed by atoms with van der Waals surface area (Å²) in [5, 5.41) is 3.19. The molecule has 1 aliphatic rings. The van der Waals surface area contributed by atoms with Gasteiger partial charge < -0.3 is 15.0 Å². The lowest BCUT2D eigenvalue weighted by Crippen LogP contribution is -2.47. The molecule has 1 aliphatic heterocycles. The van der Waals surface area contributed by atoms with Crippen LogP contribution in [0.3, 0.4) is 0 Å². The van der Waals surface area contributed by atoms with Crippen LogP contribution < -0.4 is 10.1 Å². The van der Waals surface area contributed by atoms with E-state index in [1.54, 1.807) is 30.2 Å². The molecular weight excluding hydrogens is 541 g/mol. The van der Waals surface area contributed by atoms with E-state index in [-0.39, 0.29) is 24.2 Å². The average molecular weight is 580 g/mol. The van der Waals surface area contributed by atoms with Gasteiger partial charge in [-0.05, 0) is 65.6 Å². The van der Waals surface area contributed by atoms with Gasteiger partial charge >= 0.3 is 0 Å². The normalized spacial score (nSPS) is 16.2. The number of halogens is 1. The standard InChI is InChI=1S/C36H38FN3O3/c1-3-39(24-26-10-5-4-6-11-26)23-9-22-38-35(41)33-31-12-7-8-13-32(31)36(42)40(25-27-14-18-29(37)19-15-27)34(33)28-16-20-30(43-2)21-17-28/h4-8,10-21,33-34H,3,9,22-25H2,1-2H3,(H,38,41)/t33-,34-/m0/s1. The highest BCUT2D eigenvalue weighted by Gasteiger charge is 2.44. The fraction of sp³-hybridized carbons (Fsp3) is 0.278. The van der Waals surface area contributed by atoms with E-state index >= 15 is 0 Å². The van der Waals surface area contributed by atoms with Crippen molar-refractivity contribution in [3.05, 3.63) is 137 Å². The maximum atomic E-state index is 14.1. The van der Waals surface area contributed by atoms with Gasteiger partial charge in [-0.3, -0.25) is 14.5 Å². The summed E-state index contributed by atoms with van der Waals surface area (Å²) in [5.74, 6) is -0.573. The first-order chi connectivity index (χ1) is 21.0. The lowest BCUT2D eigenvalue weighted by molar-refractivity contribution is -0.124. The highest BCUT2D eigenvalue weighted by Crippen LogP contribution is 2.44. The van der Waals surface area contributed by atoms with Gasteiger partial charge in [0, 0.05) is 31.7 Å². The molecule has 0 saturated heterocycles. The van der Waals surface area contributed by atoms with Crippen LogP contribution in [0.1, 0.15) is 57.9 Å². The molecular formula is C36H38FN3O3. The molecule has 222 valence electrons. The molecule has 0 radical (unpaired) electrons. The molecule has 43 heavy (non-hydrogen) atoms. The summed E-state index contributed by atoms with van der Waals surface area (Å²) >= 11 is 0. The number of nitrogens with zero attached hydrogens (tertiary/aromatic N) is 2. The second-order valence-electron chi connectivity index (χ2n) is 10.8. The molecule has 4 aromatic carbocycles. The monoisotopic (exact) mass is 579 g/mol. The number of fused-ring (bicyclic) bond motifs is 1. The first-order valence-electron chi connectivity index (χ1n) is 14.8. The summed E-state index contributed by atoms with van der Waals surface area (Å²) in [6.07, 6.45) is 0.798. The average Bonchev–Trinajstić information content (AvgIpc) is 3.05. The second kappa shape index (κ2) is 14.1. The van der Waals surface area contributed by atoms with Crippen molar-refractivity contribution in [2.45, 2.75) is 38.4 Å². The highest BCUT2D eigenvalue weighted by molar-refractivity contribution is 6.01. The number of nitrogens with one attached hydrogen (secondary N) is 1. The Morgan fingerprint density at radius 3 is 2.30 bits per heavy atom. The Hall–Kier alpha value is -4.49. The Balaban J connectivity index is 1.40. The molecule has 0 spiro atoms. The highest BCUT2D eigenvalue weighted by atomic mass is 19.1. The van der Waals surface area contributed by atoms with Gasteiger partial charge in [0.2, 0.25) is 5.91 Å². The van der Waals surface area contributed by atoms with Crippen molar-refractivity contribution in [3.63, 3.8) is 0 Å². The van der Waals surface area contributed by atoms with Crippen molar-refractivity contribution in [1.82, 2.24) is 15.1 Å². The summed E-state index contributed by atoms with van der Waals surface area (Å²) in [6, 6.07) is 30.8. The smallest absolute Gasteiger partial charge is 0.255 e. The van der Waals surface area contributed by atoms with Crippen LogP contribution in [-0.4, -0.2) is 48.4 Å². The van der Waals surface area contributed by atoms with Gasteiger partial charge in [0.05, 0.1) is 19.1 Å². The first-order valence-corrected chi connectivity index (χ1v) is 14.8. The van der Waals surface area contributed by atoms with Gasteiger partial charge in [0.25, 0.3) is 5.91 Å². The van der Waals surface area contributed by atoms with Crippen molar-refractivity contribution in [2.75, 3.05) is 26.7 Å². The predicted molar refractivity (Wildman–Crippen MR) is 166 cm³/mol. The largest absolute Gasteiger partial charge is 0.497 e. The molecule has 2 amide bonds. The number of methoxy groups -OCH3 is 1. The number of carbonyl (C=O) groups excluding carboxylic acids is 2. The maximum Gasteiger partial charge on any atom is 0.255 e.